The number of nitrogens with zero attached hydrogens (tertiary/aromatic N) is 3. The first-order chi connectivity index (χ1) is 11.2. The second kappa shape index (κ2) is 5.86. The number of imidazole rings is 1. The van der Waals surface area contributed by atoms with E-state index >= 15 is 0 Å². The fourth-order valence-corrected chi connectivity index (χ4v) is 3.81. The number of benzene rings is 1. The van der Waals surface area contributed by atoms with Gasteiger partial charge in [-0.25, -0.2) is 4.98 Å². The number of fused-ring (bicyclic) bond motifs is 1. The van der Waals surface area contributed by atoms with E-state index in [9.17, 15) is 0 Å². The molecule has 6 heteroatoms. The Kier molecular flexibility index (Phi) is 3.71. The summed E-state index contributed by atoms with van der Waals surface area (Å²) in [6.07, 6.45) is 5.34. The Morgan fingerprint density at radius 1 is 1.00 bits per heavy atom. The summed E-state index contributed by atoms with van der Waals surface area (Å²) in [4.78, 5) is 16.8. The van der Waals surface area contributed by atoms with Gasteiger partial charge in [-0.2, -0.15) is 0 Å². The van der Waals surface area contributed by atoms with Gasteiger partial charge in [0.05, 0.1) is 11.2 Å². The fourth-order valence-electron chi connectivity index (χ4n) is 2.50. The molecule has 4 nitrogen and oxygen atoms in total. The van der Waals surface area contributed by atoms with Crippen molar-refractivity contribution in [2.75, 3.05) is 0 Å². The highest BCUT2D eigenvalue weighted by atomic mass is 79.9. The van der Waals surface area contributed by atoms with Gasteiger partial charge in [0.1, 0.15) is 11.3 Å². The Hall–Kier alpha value is -2.05. The molecular formula is C17H10Br2N4. The van der Waals surface area contributed by atoms with E-state index in [1.165, 1.54) is 0 Å². The topological polar surface area (TPSA) is 54.5 Å². The highest BCUT2D eigenvalue weighted by Gasteiger charge is 2.14. The van der Waals surface area contributed by atoms with Crippen LogP contribution in [0.15, 0.2) is 63.9 Å². The highest BCUT2D eigenvalue weighted by Crippen LogP contribution is 2.32. The normalized spacial score (nSPS) is 11.0. The second-order valence-corrected chi connectivity index (χ2v) is 6.78. The van der Waals surface area contributed by atoms with Crippen LogP contribution >= 0.6 is 31.9 Å². The molecule has 0 saturated carbocycles. The SMILES string of the molecule is Brc1cc(Br)c2nc(-c3cccnc3-c3cccnc3)[nH]c2c1. The van der Waals surface area contributed by atoms with Gasteiger partial charge in [0, 0.05) is 38.7 Å². The van der Waals surface area contributed by atoms with Crippen molar-refractivity contribution < 1.29 is 0 Å². The van der Waals surface area contributed by atoms with Gasteiger partial charge < -0.3 is 4.98 Å². The molecule has 112 valence electrons. The molecule has 0 atom stereocenters. The maximum Gasteiger partial charge on any atom is 0.140 e. The Morgan fingerprint density at radius 2 is 1.87 bits per heavy atom. The molecule has 1 aromatic carbocycles. The molecule has 0 aliphatic heterocycles. The summed E-state index contributed by atoms with van der Waals surface area (Å²) < 4.78 is 1.93. The van der Waals surface area contributed by atoms with Crippen LogP contribution in [0.3, 0.4) is 0 Å². The van der Waals surface area contributed by atoms with Crippen molar-refractivity contribution in [2.24, 2.45) is 0 Å². The lowest BCUT2D eigenvalue weighted by Crippen LogP contribution is -1.90. The van der Waals surface area contributed by atoms with Crippen molar-refractivity contribution >= 4 is 42.9 Å². The number of H-pyrrole nitrogens is 1. The first-order valence-corrected chi connectivity index (χ1v) is 8.51. The van der Waals surface area contributed by atoms with E-state index in [0.717, 1.165) is 42.6 Å². The summed E-state index contributed by atoms with van der Waals surface area (Å²) in [6, 6.07) is 11.8. The summed E-state index contributed by atoms with van der Waals surface area (Å²) >= 11 is 7.06. The van der Waals surface area contributed by atoms with Crippen LogP contribution in [0.5, 0.6) is 0 Å². The third-order valence-electron chi connectivity index (χ3n) is 3.50. The van der Waals surface area contributed by atoms with Gasteiger partial charge in [0.15, 0.2) is 0 Å². The summed E-state index contributed by atoms with van der Waals surface area (Å²) in [7, 11) is 0. The zero-order valence-corrected chi connectivity index (χ0v) is 15.0. The first kappa shape index (κ1) is 14.5. The fraction of sp³-hybridized carbons (Fsp3) is 0. The molecule has 0 fully saturated rings. The molecule has 0 unspecified atom stereocenters. The summed E-state index contributed by atoms with van der Waals surface area (Å²) in [5, 5.41) is 0. The van der Waals surface area contributed by atoms with Crippen LogP contribution in [-0.2, 0) is 0 Å². The molecule has 0 spiro atoms. The van der Waals surface area contributed by atoms with Crippen LogP contribution in [0.25, 0.3) is 33.7 Å². The molecule has 0 amide bonds. The molecule has 0 saturated heterocycles. The molecule has 3 heterocycles. The standard InChI is InChI=1S/C17H10Br2N4/c18-11-7-13(19)16-14(8-11)22-17(23-16)12-4-2-6-21-15(12)10-3-1-5-20-9-10/h1-9H,(H,22,23). The van der Waals surface area contributed by atoms with Crippen molar-refractivity contribution in [3.63, 3.8) is 0 Å². The number of nitrogens with one attached hydrogen (secondary N) is 1. The Morgan fingerprint density at radius 3 is 2.70 bits per heavy atom. The number of hydrogen-bond donors (Lipinski definition) is 1. The molecule has 23 heavy (non-hydrogen) atoms. The van der Waals surface area contributed by atoms with Gasteiger partial charge in [-0.3, -0.25) is 9.97 Å². The van der Waals surface area contributed by atoms with E-state index in [1.54, 1.807) is 18.6 Å². The number of pyridine rings is 2. The lowest BCUT2D eigenvalue weighted by atomic mass is 10.1. The zero-order valence-electron chi connectivity index (χ0n) is 11.8. The molecule has 3 aromatic heterocycles. The van der Waals surface area contributed by atoms with E-state index in [-0.39, 0.29) is 0 Å². The predicted molar refractivity (Wildman–Crippen MR) is 98.0 cm³/mol. The highest BCUT2D eigenvalue weighted by molar-refractivity contribution is 9.11. The van der Waals surface area contributed by atoms with Gasteiger partial charge >= 0.3 is 0 Å². The molecule has 0 aliphatic carbocycles. The van der Waals surface area contributed by atoms with Crippen molar-refractivity contribution in [2.45, 2.75) is 0 Å². The van der Waals surface area contributed by atoms with Crippen LogP contribution in [0.1, 0.15) is 0 Å². The smallest absolute Gasteiger partial charge is 0.140 e. The van der Waals surface area contributed by atoms with E-state index in [1.807, 2.05) is 36.4 Å². The maximum atomic E-state index is 4.73. The van der Waals surface area contributed by atoms with Crippen molar-refractivity contribution in [1.29, 1.82) is 0 Å². The Balaban J connectivity index is 1.94. The van der Waals surface area contributed by atoms with Gasteiger partial charge in [-0.1, -0.05) is 15.9 Å². The zero-order chi connectivity index (χ0) is 15.8. The lowest BCUT2D eigenvalue weighted by Gasteiger charge is -2.05. The van der Waals surface area contributed by atoms with E-state index in [2.05, 4.69) is 46.8 Å². The molecular weight excluding hydrogens is 420 g/mol. The van der Waals surface area contributed by atoms with Crippen LogP contribution in [0, 0.1) is 0 Å². The summed E-state index contributed by atoms with van der Waals surface area (Å²) in [6.45, 7) is 0. The van der Waals surface area contributed by atoms with Crippen LogP contribution in [-0.4, -0.2) is 19.9 Å². The number of aromatic amines is 1. The first-order valence-electron chi connectivity index (χ1n) is 6.93. The van der Waals surface area contributed by atoms with E-state index in [0.29, 0.717) is 0 Å². The number of halogens is 2. The van der Waals surface area contributed by atoms with Gasteiger partial charge in [0.2, 0.25) is 0 Å². The number of rotatable bonds is 2. The molecule has 4 aromatic rings. The summed E-state index contributed by atoms with van der Waals surface area (Å²) in [5.41, 5.74) is 4.62. The lowest BCUT2D eigenvalue weighted by molar-refractivity contribution is 1.25. The minimum absolute atomic E-state index is 0.783. The van der Waals surface area contributed by atoms with E-state index in [4.69, 9.17) is 4.98 Å². The quantitative estimate of drug-likeness (QED) is 0.475. The molecule has 0 aliphatic rings. The monoisotopic (exact) mass is 428 g/mol. The second-order valence-electron chi connectivity index (χ2n) is 5.01. The van der Waals surface area contributed by atoms with Gasteiger partial charge in [0.25, 0.3) is 0 Å². The Labute approximate surface area is 149 Å². The van der Waals surface area contributed by atoms with Crippen LogP contribution < -0.4 is 0 Å². The largest absolute Gasteiger partial charge is 0.338 e. The third-order valence-corrected chi connectivity index (χ3v) is 4.56. The average molecular weight is 430 g/mol. The van der Waals surface area contributed by atoms with Crippen LogP contribution in [0.4, 0.5) is 0 Å². The number of hydrogen-bond acceptors (Lipinski definition) is 3. The molecule has 4 rings (SSSR count). The van der Waals surface area contributed by atoms with Crippen LogP contribution in [0.2, 0.25) is 0 Å². The maximum absolute atomic E-state index is 4.73. The summed E-state index contributed by atoms with van der Waals surface area (Å²) in [5.74, 6) is 0.783. The van der Waals surface area contributed by atoms with Crippen molar-refractivity contribution in [3.8, 4) is 22.6 Å². The third kappa shape index (κ3) is 2.68. The number of aromatic nitrogens is 4. The van der Waals surface area contributed by atoms with Crippen molar-refractivity contribution in [3.05, 3.63) is 63.9 Å². The average Bonchev–Trinajstić information content (AvgIpc) is 3.00. The molecule has 1 N–H and O–H groups in total. The predicted octanol–water partition coefficient (Wildman–Crippen LogP) is 5.21. The van der Waals surface area contributed by atoms with Crippen molar-refractivity contribution in [1.82, 2.24) is 19.9 Å². The molecule has 0 radical (unpaired) electrons. The molecule has 0 bridgehead atoms. The Bertz CT molecular complexity index is 996. The van der Waals surface area contributed by atoms with E-state index < -0.39 is 0 Å². The minimum Gasteiger partial charge on any atom is -0.338 e. The van der Waals surface area contributed by atoms with Gasteiger partial charge in [-0.05, 0) is 52.3 Å². The van der Waals surface area contributed by atoms with Gasteiger partial charge in [-0.15, -0.1) is 0 Å². The minimum atomic E-state index is 0.783.